The highest BCUT2D eigenvalue weighted by atomic mass is 35.5. The van der Waals surface area contributed by atoms with Crippen molar-refractivity contribution >= 4 is 17.5 Å². The predicted molar refractivity (Wildman–Crippen MR) is 77.0 cm³/mol. The van der Waals surface area contributed by atoms with Crippen LogP contribution in [0.1, 0.15) is 42.2 Å². The summed E-state index contributed by atoms with van der Waals surface area (Å²) in [7, 11) is 0. The van der Waals surface area contributed by atoms with Gasteiger partial charge in [0.1, 0.15) is 5.15 Å². The Balaban J connectivity index is 1.70. The van der Waals surface area contributed by atoms with Crippen LogP contribution < -0.4 is 5.32 Å². The van der Waals surface area contributed by atoms with Gasteiger partial charge in [-0.2, -0.15) is 0 Å². The molecule has 1 aliphatic heterocycles. The minimum atomic E-state index is -0.0786. The second-order valence-corrected chi connectivity index (χ2v) is 5.95. The molecule has 0 aromatic carbocycles. The molecule has 2 unspecified atom stereocenters. The molecule has 1 aliphatic carbocycles. The highest BCUT2D eigenvalue weighted by Gasteiger charge is 2.41. The average Bonchev–Trinajstić information content (AvgIpc) is 3.18. The Kier molecular flexibility index (Phi) is 3.94. The number of aromatic nitrogens is 1. The van der Waals surface area contributed by atoms with Crippen LogP contribution in [0.3, 0.4) is 0 Å². The molecule has 1 amide bonds. The van der Waals surface area contributed by atoms with Crippen LogP contribution in [-0.4, -0.2) is 29.6 Å². The Morgan fingerprint density at radius 3 is 2.95 bits per heavy atom. The van der Waals surface area contributed by atoms with Gasteiger partial charge in [0, 0.05) is 17.9 Å². The standard InChI is InChI=1S/C15H19ClN2O2/c1-2-11-7-10(8-13(16)17-11)15(19)18-12-5-6-20-14(12)9-3-4-9/h7-9,12,14H,2-6H2,1H3,(H,18,19). The number of hydrogen-bond donors (Lipinski definition) is 1. The number of hydrogen-bond acceptors (Lipinski definition) is 3. The lowest BCUT2D eigenvalue weighted by Gasteiger charge is -2.19. The lowest BCUT2D eigenvalue weighted by atomic mass is 10.1. The first-order chi connectivity index (χ1) is 9.67. The number of halogens is 1. The molecular weight excluding hydrogens is 276 g/mol. The van der Waals surface area contributed by atoms with E-state index in [1.165, 1.54) is 12.8 Å². The maximum atomic E-state index is 12.4. The number of nitrogens with one attached hydrogen (secondary N) is 1. The molecule has 2 atom stereocenters. The fraction of sp³-hybridized carbons (Fsp3) is 0.600. The highest BCUT2D eigenvalue weighted by molar-refractivity contribution is 6.29. The van der Waals surface area contributed by atoms with E-state index in [-0.39, 0.29) is 18.1 Å². The molecule has 2 heterocycles. The molecule has 5 heteroatoms. The van der Waals surface area contributed by atoms with Gasteiger partial charge in [0.25, 0.3) is 5.91 Å². The van der Waals surface area contributed by atoms with Crippen molar-refractivity contribution in [2.24, 2.45) is 5.92 Å². The molecule has 4 nitrogen and oxygen atoms in total. The van der Waals surface area contributed by atoms with E-state index in [0.717, 1.165) is 25.1 Å². The first-order valence-corrected chi connectivity index (χ1v) is 7.64. The third-order valence-electron chi connectivity index (χ3n) is 4.01. The maximum Gasteiger partial charge on any atom is 0.251 e. The molecule has 1 aromatic rings. The SMILES string of the molecule is CCc1cc(C(=O)NC2CCOC2C2CC2)cc(Cl)n1. The number of rotatable bonds is 4. The van der Waals surface area contributed by atoms with Crippen LogP contribution in [0.2, 0.25) is 5.15 Å². The Morgan fingerprint density at radius 1 is 1.45 bits per heavy atom. The second-order valence-electron chi connectivity index (χ2n) is 5.56. The first kappa shape index (κ1) is 13.8. The Hall–Kier alpha value is -1.13. The minimum absolute atomic E-state index is 0.0786. The summed E-state index contributed by atoms with van der Waals surface area (Å²) in [6.07, 6.45) is 4.29. The number of carbonyl (C=O) groups is 1. The van der Waals surface area contributed by atoms with Gasteiger partial charge >= 0.3 is 0 Å². The number of amides is 1. The molecule has 1 N–H and O–H groups in total. The first-order valence-electron chi connectivity index (χ1n) is 7.26. The van der Waals surface area contributed by atoms with Crippen molar-refractivity contribution in [3.05, 3.63) is 28.5 Å². The number of ether oxygens (including phenoxy) is 1. The summed E-state index contributed by atoms with van der Waals surface area (Å²) in [5.74, 6) is 0.556. The molecule has 0 radical (unpaired) electrons. The molecular formula is C15H19ClN2O2. The molecule has 0 bridgehead atoms. The van der Waals surface area contributed by atoms with Crippen LogP contribution in [0.15, 0.2) is 12.1 Å². The summed E-state index contributed by atoms with van der Waals surface area (Å²) in [5, 5.41) is 3.47. The molecule has 3 rings (SSSR count). The summed E-state index contributed by atoms with van der Waals surface area (Å²) in [5.41, 5.74) is 1.42. The second kappa shape index (κ2) is 5.70. The van der Waals surface area contributed by atoms with E-state index in [0.29, 0.717) is 16.6 Å². The van der Waals surface area contributed by atoms with Gasteiger partial charge in [-0.05, 0) is 43.7 Å². The Morgan fingerprint density at radius 2 is 2.25 bits per heavy atom. The number of nitrogens with zero attached hydrogens (tertiary/aromatic N) is 1. The van der Waals surface area contributed by atoms with E-state index >= 15 is 0 Å². The zero-order valence-electron chi connectivity index (χ0n) is 11.6. The van der Waals surface area contributed by atoms with Gasteiger partial charge in [0.15, 0.2) is 0 Å². The minimum Gasteiger partial charge on any atom is -0.376 e. The van der Waals surface area contributed by atoms with E-state index < -0.39 is 0 Å². The summed E-state index contributed by atoms with van der Waals surface area (Å²) in [4.78, 5) is 16.5. The van der Waals surface area contributed by atoms with Gasteiger partial charge in [-0.15, -0.1) is 0 Å². The Bertz CT molecular complexity index is 517. The molecule has 0 spiro atoms. The predicted octanol–water partition coefficient (Wildman–Crippen LogP) is 2.59. The van der Waals surface area contributed by atoms with Crippen LogP contribution in [0, 0.1) is 5.92 Å². The van der Waals surface area contributed by atoms with Gasteiger partial charge in [-0.3, -0.25) is 4.79 Å². The molecule has 1 aromatic heterocycles. The van der Waals surface area contributed by atoms with E-state index in [4.69, 9.17) is 16.3 Å². The lowest BCUT2D eigenvalue weighted by molar-refractivity contribution is 0.0729. The summed E-state index contributed by atoms with van der Waals surface area (Å²) in [6.45, 7) is 2.73. The monoisotopic (exact) mass is 294 g/mol. The highest BCUT2D eigenvalue weighted by Crippen LogP contribution is 2.38. The fourth-order valence-corrected chi connectivity index (χ4v) is 3.00. The fourth-order valence-electron chi connectivity index (χ4n) is 2.77. The zero-order valence-corrected chi connectivity index (χ0v) is 12.3. The Labute approximate surface area is 123 Å². The normalized spacial score (nSPS) is 25.7. The third kappa shape index (κ3) is 2.96. The number of aryl methyl sites for hydroxylation is 1. The smallest absolute Gasteiger partial charge is 0.251 e. The van der Waals surface area contributed by atoms with Crippen molar-refractivity contribution in [3.63, 3.8) is 0 Å². The van der Waals surface area contributed by atoms with Crippen molar-refractivity contribution in [1.29, 1.82) is 0 Å². The molecule has 108 valence electrons. The van der Waals surface area contributed by atoms with Gasteiger partial charge in [-0.25, -0.2) is 4.98 Å². The van der Waals surface area contributed by atoms with Gasteiger partial charge < -0.3 is 10.1 Å². The maximum absolute atomic E-state index is 12.4. The van der Waals surface area contributed by atoms with E-state index in [1.54, 1.807) is 6.07 Å². The topological polar surface area (TPSA) is 51.2 Å². The molecule has 1 saturated heterocycles. The van der Waals surface area contributed by atoms with Gasteiger partial charge in [-0.1, -0.05) is 18.5 Å². The molecule has 1 saturated carbocycles. The van der Waals surface area contributed by atoms with Crippen molar-refractivity contribution in [1.82, 2.24) is 10.3 Å². The molecule has 2 fully saturated rings. The van der Waals surface area contributed by atoms with E-state index in [2.05, 4.69) is 10.3 Å². The van der Waals surface area contributed by atoms with Crippen molar-refractivity contribution in [2.75, 3.05) is 6.61 Å². The summed E-state index contributed by atoms with van der Waals surface area (Å²) in [6, 6.07) is 3.56. The zero-order chi connectivity index (χ0) is 14.1. The van der Waals surface area contributed by atoms with Crippen LogP contribution in [0.5, 0.6) is 0 Å². The molecule has 20 heavy (non-hydrogen) atoms. The number of carbonyl (C=O) groups excluding carboxylic acids is 1. The van der Waals surface area contributed by atoms with E-state index in [1.807, 2.05) is 13.0 Å². The van der Waals surface area contributed by atoms with Crippen LogP contribution in [-0.2, 0) is 11.2 Å². The van der Waals surface area contributed by atoms with E-state index in [9.17, 15) is 4.79 Å². The average molecular weight is 295 g/mol. The summed E-state index contributed by atoms with van der Waals surface area (Å²) < 4.78 is 5.74. The number of pyridine rings is 1. The largest absolute Gasteiger partial charge is 0.376 e. The van der Waals surface area contributed by atoms with Crippen molar-refractivity contribution in [2.45, 2.75) is 44.8 Å². The van der Waals surface area contributed by atoms with Crippen LogP contribution >= 0.6 is 11.6 Å². The van der Waals surface area contributed by atoms with Crippen molar-refractivity contribution < 1.29 is 9.53 Å². The summed E-state index contributed by atoms with van der Waals surface area (Å²) >= 11 is 5.96. The lowest BCUT2D eigenvalue weighted by Crippen LogP contribution is -2.41. The van der Waals surface area contributed by atoms with Crippen molar-refractivity contribution in [3.8, 4) is 0 Å². The van der Waals surface area contributed by atoms with Gasteiger partial charge in [0.2, 0.25) is 0 Å². The van der Waals surface area contributed by atoms with Gasteiger partial charge in [0.05, 0.1) is 12.1 Å². The van der Waals surface area contributed by atoms with Crippen LogP contribution in [0.4, 0.5) is 0 Å². The quantitative estimate of drug-likeness (QED) is 0.869. The van der Waals surface area contributed by atoms with Crippen LogP contribution in [0.25, 0.3) is 0 Å². The third-order valence-corrected chi connectivity index (χ3v) is 4.20. The molecule has 2 aliphatic rings.